The fourth-order valence-electron chi connectivity index (χ4n) is 1.72. The van der Waals surface area contributed by atoms with E-state index in [4.69, 9.17) is 14.2 Å². The van der Waals surface area contributed by atoms with Crippen LogP contribution in [0.1, 0.15) is 40.5 Å². The summed E-state index contributed by atoms with van der Waals surface area (Å²) in [5, 5.41) is 0. The molecule has 0 unspecified atom stereocenters. The predicted octanol–water partition coefficient (Wildman–Crippen LogP) is 1.46. The first kappa shape index (κ1) is 24.8. The van der Waals surface area contributed by atoms with Gasteiger partial charge in [0.05, 0.1) is 42.7 Å². The average molecular weight is 403 g/mol. The summed E-state index contributed by atoms with van der Waals surface area (Å²) in [6.07, 6.45) is 0.972. The molecule has 0 aromatic heterocycles. The van der Waals surface area contributed by atoms with Crippen LogP contribution in [-0.2, 0) is 33.9 Å². The molecule has 152 valence electrons. The molecule has 0 bridgehead atoms. The van der Waals surface area contributed by atoms with Crippen molar-refractivity contribution in [1.82, 2.24) is 0 Å². The lowest BCUT2D eigenvalue weighted by Gasteiger charge is -2.18. The molecule has 0 saturated carbocycles. The molecule has 0 amide bonds. The van der Waals surface area contributed by atoms with E-state index < -0.39 is 24.4 Å². The maximum absolute atomic E-state index is 11.9. The van der Waals surface area contributed by atoms with E-state index in [0.717, 1.165) is 0 Å². The van der Waals surface area contributed by atoms with Crippen LogP contribution in [0.15, 0.2) is 0 Å². The van der Waals surface area contributed by atoms with Crippen molar-refractivity contribution < 1.29 is 31.0 Å². The van der Waals surface area contributed by atoms with E-state index in [1.54, 1.807) is 27.7 Å². The van der Waals surface area contributed by atoms with Crippen LogP contribution in [0.5, 0.6) is 0 Å². The van der Waals surface area contributed by atoms with Gasteiger partial charge < -0.3 is 14.2 Å². The lowest BCUT2D eigenvalue weighted by molar-refractivity contribution is 0.0149. The van der Waals surface area contributed by atoms with Gasteiger partial charge in [0.25, 0.3) is 0 Å². The molecule has 0 heterocycles. The first-order valence-electron chi connectivity index (χ1n) is 8.68. The van der Waals surface area contributed by atoms with E-state index in [2.05, 4.69) is 0 Å². The van der Waals surface area contributed by atoms with Crippen LogP contribution in [-0.4, -0.2) is 78.5 Å². The van der Waals surface area contributed by atoms with E-state index in [0.29, 0.717) is 52.5 Å². The number of sulfone groups is 2. The van der Waals surface area contributed by atoms with E-state index in [1.807, 2.05) is 0 Å². The molecule has 9 heteroatoms. The molecule has 0 aliphatic rings. The normalized spacial score (nSPS) is 13.3. The van der Waals surface area contributed by atoms with Gasteiger partial charge in [-0.25, -0.2) is 16.8 Å². The van der Waals surface area contributed by atoms with Crippen molar-refractivity contribution in [1.29, 1.82) is 0 Å². The van der Waals surface area contributed by atoms with Crippen molar-refractivity contribution >= 4 is 19.7 Å². The lowest BCUT2D eigenvalue weighted by Crippen LogP contribution is -2.30. The Morgan fingerprint density at radius 2 is 1.08 bits per heavy atom. The third-order valence-corrected chi connectivity index (χ3v) is 8.05. The summed E-state index contributed by atoms with van der Waals surface area (Å²) in [7, 11) is -6.00. The molecule has 0 atom stereocenters. The van der Waals surface area contributed by atoms with Gasteiger partial charge in [0.2, 0.25) is 0 Å². The Kier molecular flexibility index (Phi) is 12.1. The topological polar surface area (TPSA) is 96.0 Å². The lowest BCUT2D eigenvalue weighted by atomic mass is 10.3. The Labute approximate surface area is 153 Å². The second-order valence-electron chi connectivity index (χ2n) is 6.71. The van der Waals surface area contributed by atoms with Crippen LogP contribution in [0, 0.1) is 0 Å². The van der Waals surface area contributed by atoms with Crippen molar-refractivity contribution in [2.75, 3.05) is 56.9 Å². The minimum absolute atomic E-state index is 0.124. The zero-order chi connectivity index (χ0) is 19.4. The molecular formula is C16H34O7S2. The summed E-state index contributed by atoms with van der Waals surface area (Å²) in [5.41, 5.74) is 0. The summed E-state index contributed by atoms with van der Waals surface area (Å²) >= 11 is 0. The van der Waals surface area contributed by atoms with Gasteiger partial charge in [0.1, 0.15) is 9.84 Å². The van der Waals surface area contributed by atoms with Gasteiger partial charge in [-0.1, -0.05) is 6.92 Å². The fourth-order valence-corrected chi connectivity index (χ4v) is 3.68. The van der Waals surface area contributed by atoms with E-state index >= 15 is 0 Å². The summed E-state index contributed by atoms with van der Waals surface area (Å²) in [4.78, 5) is 0. The highest BCUT2D eigenvalue weighted by atomic mass is 32.2. The average Bonchev–Trinajstić information content (AvgIpc) is 2.50. The standard InChI is InChI=1S/C16H34O7S2/c1-5-24(17,18)14-6-8-21-10-12-23-13-11-22-9-7-15-25(19,20)16(2,3)4/h5-15H2,1-4H3. The molecule has 0 aliphatic carbocycles. The first-order valence-corrected chi connectivity index (χ1v) is 12.1. The molecule has 0 saturated heterocycles. The highest BCUT2D eigenvalue weighted by molar-refractivity contribution is 7.92. The van der Waals surface area contributed by atoms with Crippen molar-refractivity contribution in [3.8, 4) is 0 Å². The van der Waals surface area contributed by atoms with E-state index in [-0.39, 0.29) is 17.3 Å². The number of rotatable bonds is 15. The number of hydrogen-bond donors (Lipinski definition) is 0. The zero-order valence-electron chi connectivity index (χ0n) is 16.0. The minimum atomic E-state index is -3.09. The maximum Gasteiger partial charge on any atom is 0.155 e. The molecule has 0 aliphatic heterocycles. The molecule has 7 nitrogen and oxygen atoms in total. The maximum atomic E-state index is 11.9. The Balaban J connectivity index is 3.41. The quantitative estimate of drug-likeness (QED) is 0.383. The molecule has 0 aromatic carbocycles. The predicted molar refractivity (Wildman–Crippen MR) is 99.6 cm³/mol. The van der Waals surface area contributed by atoms with Crippen LogP contribution >= 0.6 is 0 Å². The summed E-state index contributed by atoms with van der Waals surface area (Å²) < 4.78 is 61.5. The third kappa shape index (κ3) is 12.7. The second kappa shape index (κ2) is 12.2. The first-order chi connectivity index (χ1) is 11.5. The van der Waals surface area contributed by atoms with Crippen molar-refractivity contribution in [2.24, 2.45) is 0 Å². The fraction of sp³-hybridized carbons (Fsp3) is 1.00. The molecular weight excluding hydrogens is 368 g/mol. The number of hydrogen-bond acceptors (Lipinski definition) is 7. The van der Waals surface area contributed by atoms with Gasteiger partial charge in [0.15, 0.2) is 9.84 Å². The van der Waals surface area contributed by atoms with Gasteiger partial charge in [0, 0.05) is 19.0 Å². The van der Waals surface area contributed by atoms with Crippen LogP contribution in [0.3, 0.4) is 0 Å². The van der Waals surface area contributed by atoms with Gasteiger partial charge in [-0.15, -0.1) is 0 Å². The summed E-state index contributed by atoms with van der Waals surface area (Å²) in [6, 6.07) is 0. The van der Waals surface area contributed by atoms with Crippen LogP contribution < -0.4 is 0 Å². The highest BCUT2D eigenvalue weighted by Crippen LogP contribution is 2.16. The van der Waals surface area contributed by atoms with Gasteiger partial charge in [-0.2, -0.15) is 0 Å². The molecule has 0 N–H and O–H groups in total. The molecule has 0 spiro atoms. The van der Waals surface area contributed by atoms with Crippen LogP contribution in [0.4, 0.5) is 0 Å². The molecule has 0 aromatic rings. The minimum Gasteiger partial charge on any atom is -0.379 e. The van der Waals surface area contributed by atoms with E-state index in [9.17, 15) is 16.8 Å². The van der Waals surface area contributed by atoms with Crippen molar-refractivity contribution in [3.05, 3.63) is 0 Å². The van der Waals surface area contributed by atoms with Crippen molar-refractivity contribution in [2.45, 2.75) is 45.3 Å². The Morgan fingerprint density at radius 3 is 1.48 bits per heavy atom. The molecule has 0 rings (SSSR count). The summed E-state index contributed by atoms with van der Waals surface area (Å²) in [6.45, 7) is 9.17. The van der Waals surface area contributed by atoms with Crippen molar-refractivity contribution in [3.63, 3.8) is 0 Å². The molecule has 25 heavy (non-hydrogen) atoms. The smallest absolute Gasteiger partial charge is 0.155 e. The van der Waals surface area contributed by atoms with Gasteiger partial charge in [-0.05, 0) is 33.6 Å². The molecule has 0 fully saturated rings. The molecule has 0 radical (unpaired) electrons. The largest absolute Gasteiger partial charge is 0.379 e. The number of ether oxygens (including phenoxy) is 3. The van der Waals surface area contributed by atoms with Crippen LogP contribution in [0.2, 0.25) is 0 Å². The van der Waals surface area contributed by atoms with Gasteiger partial charge >= 0.3 is 0 Å². The SMILES string of the molecule is CCS(=O)(=O)CCCOCCOCCOCCCS(=O)(=O)C(C)(C)C. The second-order valence-corrected chi connectivity index (χ2v) is 12.0. The van der Waals surface area contributed by atoms with Gasteiger partial charge in [-0.3, -0.25) is 0 Å². The third-order valence-electron chi connectivity index (χ3n) is 3.56. The van der Waals surface area contributed by atoms with Crippen LogP contribution in [0.25, 0.3) is 0 Å². The zero-order valence-corrected chi connectivity index (χ0v) is 17.6. The van der Waals surface area contributed by atoms with E-state index in [1.165, 1.54) is 0 Å². The Morgan fingerprint density at radius 1 is 0.680 bits per heavy atom. The Hall–Kier alpha value is -0.220. The monoisotopic (exact) mass is 402 g/mol. The summed E-state index contributed by atoms with van der Waals surface area (Å²) in [5.74, 6) is 0.445. The Bertz CT molecular complexity index is 533. The highest BCUT2D eigenvalue weighted by Gasteiger charge is 2.27.